The maximum Gasteiger partial charge on any atom is 0.191 e. The summed E-state index contributed by atoms with van der Waals surface area (Å²) in [6.07, 6.45) is 0. The van der Waals surface area contributed by atoms with Gasteiger partial charge in [-0.05, 0) is 36.8 Å². The number of methoxy groups -OCH3 is 3. The molecule has 2 N–H and O–H groups in total. The molecule has 0 saturated carbocycles. The molecule has 0 spiro atoms. The average Bonchev–Trinajstić information content (AvgIpc) is 2.72. The summed E-state index contributed by atoms with van der Waals surface area (Å²) in [5.74, 6) is 1.87. The number of guanidine groups is 1. The monoisotopic (exact) mass is 517 g/mol. The summed E-state index contributed by atoms with van der Waals surface area (Å²) in [7, 11) is 4.80. The van der Waals surface area contributed by atoms with E-state index in [1.54, 1.807) is 33.5 Å². The largest absolute Gasteiger partial charge is 0.497 e. The molecule has 160 valence electrons. The lowest BCUT2D eigenvalue weighted by Gasteiger charge is -2.14. The van der Waals surface area contributed by atoms with Gasteiger partial charge in [0.05, 0.1) is 27.4 Å². The summed E-state index contributed by atoms with van der Waals surface area (Å²) in [5, 5.41) is 6.50. The molecule has 0 aliphatic heterocycles. The van der Waals surface area contributed by atoms with E-state index in [1.807, 2.05) is 25.1 Å². The Morgan fingerprint density at radius 3 is 2.45 bits per heavy atom. The van der Waals surface area contributed by atoms with Crippen LogP contribution in [0.2, 0.25) is 0 Å². The van der Waals surface area contributed by atoms with Gasteiger partial charge in [0.1, 0.15) is 17.3 Å². The average molecular weight is 517 g/mol. The van der Waals surface area contributed by atoms with E-state index in [9.17, 15) is 4.39 Å². The van der Waals surface area contributed by atoms with E-state index in [-0.39, 0.29) is 36.4 Å². The predicted octanol–water partition coefficient (Wildman–Crippen LogP) is 3.86. The Balaban J connectivity index is 0.00000420. The maximum atomic E-state index is 13.7. The van der Waals surface area contributed by atoms with Crippen LogP contribution in [0.1, 0.15) is 23.6 Å². The number of ether oxygens (including phenoxy) is 3. The highest BCUT2D eigenvalue weighted by Gasteiger charge is 2.07. The summed E-state index contributed by atoms with van der Waals surface area (Å²) in [4.78, 5) is 4.58. The lowest BCUT2D eigenvalue weighted by atomic mass is 10.1. The van der Waals surface area contributed by atoms with Gasteiger partial charge in [-0.15, -0.1) is 24.0 Å². The molecule has 0 fully saturated rings. The van der Waals surface area contributed by atoms with Crippen molar-refractivity contribution in [3.8, 4) is 11.5 Å². The fourth-order valence-electron chi connectivity index (χ4n) is 2.68. The van der Waals surface area contributed by atoms with Gasteiger partial charge >= 0.3 is 0 Å². The molecule has 2 rings (SSSR count). The first-order valence-corrected chi connectivity index (χ1v) is 9.10. The van der Waals surface area contributed by atoms with Crippen molar-refractivity contribution in [3.05, 3.63) is 58.9 Å². The lowest BCUT2D eigenvalue weighted by Crippen LogP contribution is -2.36. The highest BCUT2D eigenvalue weighted by atomic mass is 127. The number of aliphatic imine (C=N–C) groups is 1. The van der Waals surface area contributed by atoms with Gasteiger partial charge in [0.15, 0.2) is 5.96 Å². The van der Waals surface area contributed by atoms with E-state index < -0.39 is 0 Å². The fourth-order valence-corrected chi connectivity index (χ4v) is 2.68. The third kappa shape index (κ3) is 7.69. The number of halogens is 2. The smallest absolute Gasteiger partial charge is 0.191 e. The van der Waals surface area contributed by atoms with Crippen LogP contribution >= 0.6 is 24.0 Å². The Labute approximate surface area is 188 Å². The molecule has 0 amide bonds. The molecular formula is C21H29FIN3O3. The molecular weight excluding hydrogens is 488 g/mol. The zero-order valence-electron chi connectivity index (χ0n) is 17.3. The SMILES string of the molecule is CCNC(=NCc1ccc(F)c(COC)c1)NCc1ccc(OC)cc1OC.I. The van der Waals surface area contributed by atoms with Crippen molar-refractivity contribution in [3.63, 3.8) is 0 Å². The van der Waals surface area contributed by atoms with Gasteiger partial charge in [-0.3, -0.25) is 0 Å². The molecule has 0 aliphatic carbocycles. The third-order valence-electron chi connectivity index (χ3n) is 4.11. The highest BCUT2D eigenvalue weighted by molar-refractivity contribution is 14.0. The van der Waals surface area contributed by atoms with Crippen LogP contribution in [0.5, 0.6) is 11.5 Å². The minimum Gasteiger partial charge on any atom is -0.497 e. The van der Waals surface area contributed by atoms with Gasteiger partial charge in [0.2, 0.25) is 0 Å². The van der Waals surface area contributed by atoms with Crippen molar-refractivity contribution < 1.29 is 18.6 Å². The first-order chi connectivity index (χ1) is 13.6. The fraction of sp³-hybridized carbons (Fsp3) is 0.381. The normalized spacial score (nSPS) is 10.9. The maximum absolute atomic E-state index is 13.7. The van der Waals surface area contributed by atoms with Crippen LogP contribution < -0.4 is 20.1 Å². The number of nitrogens with one attached hydrogen (secondary N) is 2. The van der Waals surface area contributed by atoms with Gasteiger partial charge in [0, 0.05) is 37.4 Å². The van der Waals surface area contributed by atoms with E-state index in [1.165, 1.54) is 6.07 Å². The molecule has 8 heteroatoms. The minimum atomic E-state index is -0.272. The lowest BCUT2D eigenvalue weighted by molar-refractivity contribution is 0.181. The van der Waals surface area contributed by atoms with Crippen LogP contribution in [0.15, 0.2) is 41.4 Å². The van der Waals surface area contributed by atoms with Gasteiger partial charge < -0.3 is 24.8 Å². The molecule has 0 unspecified atom stereocenters. The number of hydrogen-bond acceptors (Lipinski definition) is 4. The number of hydrogen-bond donors (Lipinski definition) is 2. The zero-order valence-corrected chi connectivity index (χ0v) is 19.6. The topological polar surface area (TPSA) is 64.1 Å². The van der Waals surface area contributed by atoms with E-state index >= 15 is 0 Å². The first kappa shape index (κ1) is 25.0. The van der Waals surface area contributed by atoms with Crippen molar-refractivity contribution >= 4 is 29.9 Å². The van der Waals surface area contributed by atoms with Crippen molar-refractivity contribution in [1.29, 1.82) is 0 Å². The third-order valence-corrected chi connectivity index (χ3v) is 4.11. The Kier molecular flexibility index (Phi) is 11.4. The van der Waals surface area contributed by atoms with E-state index in [0.717, 1.165) is 29.2 Å². The van der Waals surface area contributed by atoms with E-state index in [4.69, 9.17) is 14.2 Å². The summed E-state index contributed by atoms with van der Waals surface area (Å²) >= 11 is 0. The van der Waals surface area contributed by atoms with Crippen molar-refractivity contribution in [1.82, 2.24) is 10.6 Å². The zero-order chi connectivity index (χ0) is 20.4. The van der Waals surface area contributed by atoms with Crippen molar-refractivity contribution in [2.45, 2.75) is 26.6 Å². The van der Waals surface area contributed by atoms with E-state index in [2.05, 4.69) is 15.6 Å². The Morgan fingerprint density at radius 2 is 1.79 bits per heavy atom. The van der Waals surface area contributed by atoms with Crippen LogP contribution in [0.4, 0.5) is 4.39 Å². The second kappa shape index (κ2) is 13.2. The molecule has 0 bridgehead atoms. The van der Waals surface area contributed by atoms with Crippen LogP contribution in [0.3, 0.4) is 0 Å². The van der Waals surface area contributed by atoms with Crippen LogP contribution in [0.25, 0.3) is 0 Å². The van der Waals surface area contributed by atoms with Crippen molar-refractivity contribution in [2.24, 2.45) is 4.99 Å². The first-order valence-electron chi connectivity index (χ1n) is 9.10. The predicted molar refractivity (Wildman–Crippen MR) is 124 cm³/mol. The van der Waals surface area contributed by atoms with Gasteiger partial charge in [0.25, 0.3) is 0 Å². The van der Waals surface area contributed by atoms with Crippen LogP contribution in [-0.2, 0) is 24.4 Å². The molecule has 0 radical (unpaired) electrons. The Hall–Kier alpha value is -2.07. The van der Waals surface area contributed by atoms with Crippen LogP contribution in [0, 0.1) is 5.82 Å². The second-order valence-corrected chi connectivity index (χ2v) is 6.09. The molecule has 6 nitrogen and oxygen atoms in total. The van der Waals surface area contributed by atoms with Crippen LogP contribution in [-0.4, -0.2) is 33.8 Å². The number of nitrogens with zero attached hydrogens (tertiary/aromatic N) is 1. The molecule has 2 aromatic rings. The number of benzene rings is 2. The number of rotatable bonds is 9. The molecule has 0 atom stereocenters. The molecule has 29 heavy (non-hydrogen) atoms. The Bertz CT molecular complexity index is 803. The van der Waals surface area contributed by atoms with Crippen molar-refractivity contribution in [2.75, 3.05) is 27.9 Å². The molecule has 0 aromatic heterocycles. The quantitative estimate of drug-likeness (QED) is 0.301. The summed E-state index contributed by atoms with van der Waals surface area (Å²) in [6, 6.07) is 10.6. The van der Waals surface area contributed by atoms with Gasteiger partial charge in [-0.2, -0.15) is 0 Å². The van der Waals surface area contributed by atoms with Gasteiger partial charge in [-0.25, -0.2) is 9.38 Å². The molecule has 0 aliphatic rings. The second-order valence-electron chi connectivity index (χ2n) is 6.09. The van der Waals surface area contributed by atoms with E-state index in [0.29, 0.717) is 24.6 Å². The standard InChI is InChI=1S/C21H28FN3O3.HI/c1-5-23-21(24-12-15-6-9-19(22)17(10-15)14-26-2)25-13-16-7-8-18(27-3)11-20(16)28-4;/h6-11H,5,12-14H2,1-4H3,(H2,23,24,25);1H. The highest BCUT2D eigenvalue weighted by Crippen LogP contribution is 2.24. The summed E-state index contributed by atoms with van der Waals surface area (Å²) in [5.41, 5.74) is 2.42. The summed E-state index contributed by atoms with van der Waals surface area (Å²) < 4.78 is 29.4. The minimum absolute atomic E-state index is 0. The summed E-state index contributed by atoms with van der Waals surface area (Å²) in [6.45, 7) is 3.92. The Morgan fingerprint density at radius 1 is 1.00 bits per heavy atom. The molecule has 2 aromatic carbocycles. The molecule has 0 saturated heterocycles. The van der Waals surface area contributed by atoms with Gasteiger partial charge in [-0.1, -0.05) is 6.07 Å². The molecule has 0 heterocycles.